The highest BCUT2D eigenvalue weighted by atomic mass is 127. The maximum Gasteiger partial charge on any atom is 0.239 e. The van der Waals surface area contributed by atoms with Gasteiger partial charge >= 0.3 is 0 Å². The highest BCUT2D eigenvalue weighted by Gasteiger charge is 2.20. The van der Waals surface area contributed by atoms with Gasteiger partial charge in [-0.2, -0.15) is 0 Å². The molecule has 7 nitrogen and oxygen atoms in total. The number of amides is 1. The van der Waals surface area contributed by atoms with Crippen LogP contribution in [0.5, 0.6) is 0 Å². The van der Waals surface area contributed by atoms with E-state index >= 15 is 0 Å². The number of carbonyl (C=O) groups is 1. The summed E-state index contributed by atoms with van der Waals surface area (Å²) < 4.78 is 5.19. The molecule has 0 aromatic carbocycles. The van der Waals surface area contributed by atoms with E-state index in [4.69, 9.17) is 4.42 Å². The zero-order chi connectivity index (χ0) is 18.2. The first-order chi connectivity index (χ1) is 12.7. The van der Waals surface area contributed by atoms with Crippen LogP contribution in [0, 0.1) is 0 Å². The summed E-state index contributed by atoms with van der Waals surface area (Å²) in [7, 11) is 1.72. The normalized spacial score (nSPS) is 15.1. The molecular formula is C18H26IN5O2S. The molecule has 9 heteroatoms. The summed E-state index contributed by atoms with van der Waals surface area (Å²) >= 11 is 1.78. The molecular weight excluding hydrogens is 477 g/mol. The first-order valence-corrected chi connectivity index (χ1v) is 9.67. The van der Waals surface area contributed by atoms with Gasteiger partial charge in [0.05, 0.1) is 24.4 Å². The maximum atomic E-state index is 11.9. The fourth-order valence-electron chi connectivity index (χ4n) is 2.91. The lowest BCUT2D eigenvalue weighted by atomic mass is 10.1. The van der Waals surface area contributed by atoms with Crippen molar-refractivity contribution >= 4 is 52.2 Å². The van der Waals surface area contributed by atoms with Gasteiger partial charge in [-0.25, -0.2) is 0 Å². The van der Waals surface area contributed by atoms with E-state index in [-0.39, 0.29) is 36.4 Å². The van der Waals surface area contributed by atoms with Crippen molar-refractivity contribution in [1.29, 1.82) is 0 Å². The Morgan fingerprint density at radius 2 is 2.11 bits per heavy atom. The average molecular weight is 503 g/mol. The van der Waals surface area contributed by atoms with Crippen LogP contribution in [0.3, 0.4) is 0 Å². The van der Waals surface area contributed by atoms with Crippen molar-refractivity contribution in [2.24, 2.45) is 4.99 Å². The topological polar surface area (TPSA) is 81.9 Å². The zero-order valence-corrected chi connectivity index (χ0v) is 18.5. The summed E-state index contributed by atoms with van der Waals surface area (Å²) in [5.74, 6) is 1.29. The van der Waals surface area contributed by atoms with E-state index in [0.717, 1.165) is 31.7 Å². The number of anilines is 1. The Hall–Kier alpha value is -1.75. The molecule has 3 N–H and O–H groups in total. The van der Waals surface area contributed by atoms with Gasteiger partial charge < -0.3 is 25.3 Å². The third kappa shape index (κ3) is 6.73. The number of piperidine rings is 1. The predicted octanol–water partition coefficient (Wildman–Crippen LogP) is 2.41. The number of carbonyl (C=O) groups excluding carboxylic acids is 1. The zero-order valence-electron chi connectivity index (χ0n) is 15.3. The van der Waals surface area contributed by atoms with Crippen molar-refractivity contribution in [1.82, 2.24) is 16.0 Å². The van der Waals surface area contributed by atoms with Crippen molar-refractivity contribution in [2.75, 3.05) is 31.6 Å². The molecule has 1 aliphatic rings. The van der Waals surface area contributed by atoms with Crippen molar-refractivity contribution in [2.45, 2.75) is 25.4 Å². The van der Waals surface area contributed by atoms with Crippen LogP contribution in [0.15, 0.2) is 45.3 Å². The molecule has 0 unspecified atom stereocenters. The van der Waals surface area contributed by atoms with E-state index in [0.29, 0.717) is 18.5 Å². The average Bonchev–Trinajstić information content (AvgIpc) is 3.38. The second-order valence-corrected chi connectivity index (χ2v) is 7.06. The van der Waals surface area contributed by atoms with Crippen molar-refractivity contribution in [3.63, 3.8) is 0 Å². The van der Waals surface area contributed by atoms with Crippen molar-refractivity contribution in [3.05, 3.63) is 41.7 Å². The number of nitrogens with one attached hydrogen (secondary N) is 3. The number of halogens is 1. The van der Waals surface area contributed by atoms with Gasteiger partial charge in [-0.1, -0.05) is 0 Å². The number of guanidine groups is 1. The van der Waals surface area contributed by atoms with Gasteiger partial charge in [0.25, 0.3) is 0 Å². The first kappa shape index (κ1) is 21.5. The second kappa shape index (κ2) is 11.2. The SMILES string of the molecule is CN=C(NCC(=O)NCc1ccco1)NC1CCN(c2cccs2)CC1.I. The highest BCUT2D eigenvalue weighted by Crippen LogP contribution is 2.24. The Labute approximate surface area is 180 Å². The van der Waals surface area contributed by atoms with Gasteiger partial charge in [0.2, 0.25) is 5.91 Å². The van der Waals surface area contributed by atoms with E-state index < -0.39 is 0 Å². The van der Waals surface area contributed by atoms with Gasteiger partial charge in [-0.05, 0) is 42.5 Å². The molecule has 3 rings (SSSR count). The Bertz CT molecular complexity index is 697. The van der Waals surface area contributed by atoms with E-state index in [1.54, 1.807) is 30.7 Å². The number of hydrogen-bond acceptors (Lipinski definition) is 5. The first-order valence-electron chi connectivity index (χ1n) is 8.79. The molecule has 0 spiro atoms. The largest absolute Gasteiger partial charge is 0.467 e. The van der Waals surface area contributed by atoms with E-state index in [9.17, 15) is 4.79 Å². The van der Waals surface area contributed by atoms with Crippen LogP contribution < -0.4 is 20.9 Å². The lowest BCUT2D eigenvalue weighted by Gasteiger charge is -2.33. The van der Waals surface area contributed by atoms with Gasteiger partial charge in [-0.3, -0.25) is 9.79 Å². The summed E-state index contributed by atoms with van der Waals surface area (Å²) in [6, 6.07) is 8.25. The van der Waals surface area contributed by atoms with Gasteiger partial charge in [0.15, 0.2) is 5.96 Å². The van der Waals surface area contributed by atoms with E-state index in [1.165, 1.54) is 5.00 Å². The maximum absolute atomic E-state index is 11.9. The molecule has 1 fully saturated rings. The van der Waals surface area contributed by atoms with Crippen molar-refractivity contribution in [3.8, 4) is 0 Å². The van der Waals surface area contributed by atoms with Crippen LogP contribution in [-0.4, -0.2) is 44.6 Å². The summed E-state index contributed by atoms with van der Waals surface area (Å²) in [5.41, 5.74) is 0. The lowest BCUT2D eigenvalue weighted by Crippen LogP contribution is -2.50. The summed E-state index contributed by atoms with van der Waals surface area (Å²) in [4.78, 5) is 18.6. The molecule has 2 aromatic heterocycles. The minimum Gasteiger partial charge on any atom is -0.467 e. The Morgan fingerprint density at radius 1 is 1.30 bits per heavy atom. The minimum atomic E-state index is -0.100. The molecule has 27 heavy (non-hydrogen) atoms. The van der Waals surface area contributed by atoms with Crippen LogP contribution in [-0.2, 0) is 11.3 Å². The number of hydrogen-bond donors (Lipinski definition) is 3. The Morgan fingerprint density at radius 3 is 2.74 bits per heavy atom. The molecule has 0 saturated carbocycles. The molecule has 2 aromatic rings. The molecule has 0 bridgehead atoms. The summed E-state index contributed by atoms with van der Waals surface area (Å²) in [5, 5.41) is 12.7. The monoisotopic (exact) mass is 503 g/mol. The van der Waals surface area contributed by atoms with Gasteiger partial charge in [0, 0.05) is 26.2 Å². The molecule has 3 heterocycles. The Kier molecular flexibility index (Phi) is 8.92. The molecule has 1 aliphatic heterocycles. The number of nitrogens with zero attached hydrogens (tertiary/aromatic N) is 2. The van der Waals surface area contributed by atoms with Crippen LogP contribution >= 0.6 is 35.3 Å². The van der Waals surface area contributed by atoms with Crippen LogP contribution in [0.4, 0.5) is 5.00 Å². The number of thiophene rings is 1. The van der Waals surface area contributed by atoms with Crippen LogP contribution in [0.25, 0.3) is 0 Å². The van der Waals surface area contributed by atoms with Gasteiger partial charge in [0.1, 0.15) is 5.76 Å². The van der Waals surface area contributed by atoms with E-state index in [2.05, 4.69) is 43.4 Å². The molecule has 1 saturated heterocycles. The second-order valence-electron chi connectivity index (χ2n) is 6.14. The summed E-state index contributed by atoms with van der Waals surface area (Å²) in [6.07, 6.45) is 3.68. The highest BCUT2D eigenvalue weighted by molar-refractivity contribution is 14.0. The number of rotatable bonds is 6. The van der Waals surface area contributed by atoms with Crippen LogP contribution in [0.2, 0.25) is 0 Å². The predicted molar refractivity (Wildman–Crippen MR) is 120 cm³/mol. The van der Waals surface area contributed by atoms with E-state index in [1.807, 2.05) is 6.07 Å². The summed E-state index contributed by atoms with van der Waals surface area (Å²) in [6.45, 7) is 2.62. The Balaban J connectivity index is 0.00000261. The smallest absolute Gasteiger partial charge is 0.239 e. The number of furan rings is 1. The van der Waals surface area contributed by atoms with Crippen LogP contribution in [0.1, 0.15) is 18.6 Å². The quantitative estimate of drug-likeness (QED) is 0.321. The number of aliphatic imine (C=N–C) groups is 1. The molecule has 148 valence electrons. The fraction of sp³-hybridized carbons (Fsp3) is 0.444. The van der Waals surface area contributed by atoms with Gasteiger partial charge in [-0.15, -0.1) is 35.3 Å². The van der Waals surface area contributed by atoms with Crippen molar-refractivity contribution < 1.29 is 9.21 Å². The molecule has 1 amide bonds. The third-order valence-electron chi connectivity index (χ3n) is 4.33. The molecule has 0 aliphatic carbocycles. The minimum absolute atomic E-state index is 0. The molecule has 0 radical (unpaired) electrons. The lowest BCUT2D eigenvalue weighted by molar-refractivity contribution is -0.120. The third-order valence-corrected chi connectivity index (χ3v) is 5.26. The standard InChI is InChI=1S/C18H25N5O2S.HI/c1-19-18(21-13-16(24)20-12-15-4-2-10-25-15)22-14-6-8-23(9-7-14)17-5-3-11-26-17;/h2-5,10-11,14H,6-9,12-13H2,1H3,(H,20,24)(H2,19,21,22);1H. The fourth-order valence-corrected chi connectivity index (χ4v) is 3.69. The molecule has 0 atom stereocenters.